The van der Waals surface area contributed by atoms with Gasteiger partial charge in [0, 0.05) is 24.4 Å². The molecule has 0 radical (unpaired) electrons. The Labute approximate surface area is 146 Å². The van der Waals surface area contributed by atoms with E-state index in [1.54, 1.807) is 0 Å². The molecule has 0 spiro atoms. The van der Waals surface area contributed by atoms with Crippen molar-refractivity contribution in [2.75, 3.05) is 6.54 Å². The van der Waals surface area contributed by atoms with Gasteiger partial charge in [0.25, 0.3) is 0 Å². The largest absolute Gasteiger partial charge is 0.339 e. The Morgan fingerprint density at radius 3 is 2.25 bits per heavy atom. The summed E-state index contributed by atoms with van der Waals surface area (Å²) in [5.74, 6) is 0.620. The van der Waals surface area contributed by atoms with Gasteiger partial charge in [0.15, 0.2) is 0 Å². The van der Waals surface area contributed by atoms with E-state index in [-0.39, 0.29) is 16.2 Å². The Balaban J connectivity index is 1.70. The van der Waals surface area contributed by atoms with Crippen LogP contribution in [0.1, 0.15) is 80.1 Å². The number of ketones is 1. The molecule has 0 unspecified atom stereocenters. The first-order valence-corrected chi connectivity index (χ1v) is 9.70. The van der Waals surface area contributed by atoms with E-state index < -0.39 is 5.41 Å². The van der Waals surface area contributed by atoms with Crippen LogP contribution < -0.4 is 0 Å². The lowest BCUT2D eigenvalue weighted by molar-refractivity contribution is -0.149. The number of fused-ring (bicyclic) bond motifs is 4. The normalized spacial score (nSPS) is 48.2. The maximum Gasteiger partial charge on any atom is 0.230 e. The van der Waals surface area contributed by atoms with Crippen LogP contribution in [0.3, 0.4) is 0 Å². The minimum atomic E-state index is -0.448. The lowest BCUT2D eigenvalue weighted by Crippen LogP contribution is -2.50. The highest BCUT2D eigenvalue weighted by Crippen LogP contribution is 2.71. The third kappa shape index (κ3) is 1.74. The van der Waals surface area contributed by atoms with E-state index in [9.17, 15) is 9.59 Å². The van der Waals surface area contributed by atoms with Gasteiger partial charge in [-0.3, -0.25) is 9.59 Å². The fourth-order valence-corrected chi connectivity index (χ4v) is 7.31. The highest BCUT2D eigenvalue weighted by Gasteiger charge is 2.73. The molecule has 1 aliphatic heterocycles. The molecule has 4 rings (SSSR count). The van der Waals surface area contributed by atoms with Crippen LogP contribution in [-0.4, -0.2) is 29.2 Å². The van der Waals surface area contributed by atoms with E-state index in [0.717, 1.165) is 32.2 Å². The number of carbonyl (C=O) groups is 2. The zero-order valence-corrected chi connectivity index (χ0v) is 16.3. The van der Waals surface area contributed by atoms with Crippen LogP contribution in [-0.2, 0) is 9.59 Å². The molecule has 3 saturated carbocycles. The van der Waals surface area contributed by atoms with Gasteiger partial charge in [-0.1, -0.05) is 41.5 Å². The van der Waals surface area contributed by atoms with E-state index in [0.29, 0.717) is 29.6 Å². The van der Waals surface area contributed by atoms with E-state index in [2.05, 4.69) is 46.4 Å². The Morgan fingerprint density at radius 1 is 1.04 bits per heavy atom. The summed E-state index contributed by atoms with van der Waals surface area (Å²) in [6.45, 7) is 14.4. The van der Waals surface area contributed by atoms with Crippen molar-refractivity contribution in [3.8, 4) is 0 Å². The molecule has 24 heavy (non-hydrogen) atoms. The Morgan fingerprint density at radius 2 is 1.71 bits per heavy atom. The molecule has 3 aliphatic carbocycles. The lowest BCUT2D eigenvalue weighted by Gasteiger charge is -2.43. The molecule has 134 valence electrons. The minimum absolute atomic E-state index is 0.221. The predicted octanol–water partition coefficient (Wildman–Crippen LogP) is 4.20. The number of hydrogen-bond donors (Lipinski definition) is 0. The molecule has 0 N–H and O–H groups in total. The number of nitrogens with zero attached hydrogens (tertiary/aromatic N) is 1. The van der Waals surface area contributed by atoms with Crippen LogP contribution >= 0.6 is 0 Å². The molecule has 4 atom stereocenters. The van der Waals surface area contributed by atoms with Gasteiger partial charge in [0.2, 0.25) is 5.91 Å². The van der Waals surface area contributed by atoms with Crippen LogP contribution in [0, 0.1) is 27.1 Å². The Kier molecular flexibility index (Phi) is 2.95. The monoisotopic (exact) mass is 331 g/mol. The summed E-state index contributed by atoms with van der Waals surface area (Å²) in [4.78, 5) is 28.7. The second-order valence-electron chi connectivity index (χ2n) is 11.3. The van der Waals surface area contributed by atoms with Crippen molar-refractivity contribution in [3.05, 3.63) is 0 Å². The van der Waals surface area contributed by atoms with Crippen molar-refractivity contribution in [3.63, 3.8) is 0 Å². The number of amides is 1. The number of carbonyl (C=O) groups excluding carboxylic acids is 2. The molecule has 3 heteroatoms. The molecule has 1 heterocycles. The smallest absolute Gasteiger partial charge is 0.230 e. The third-order valence-electron chi connectivity index (χ3n) is 8.79. The Bertz CT molecular complexity index is 636. The first-order valence-electron chi connectivity index (χ1n) is 9.70. The highest BCUT2D eigenvalue weighted by atomic mass is 16.2. The molecule has 4 fully saturated rings. The van der Waals surface area contributed by atoms with Gasteiger partial charge in [-0.05, 0) is 48.3 Å². The van der Waals surface area contributed by atoms with Crippen molar-refractivity contribution in [1.82, 2.24) is 4.90 Å². The first kappa shape index (κ1) is 16.6. The van der Waals surface area contributed by atoms with Gasteiger partial charge in [0.05, 0.1) is 5.41 Å². The fraction of sp³-hybridized carbons (Fsp3) is 0.905. The topological polar surface area (TPSA) is 37.4 Å². The van der Waals surface area contributed by atoms with Crippen molar-refractivity contribution in [2.45, 2.75) is 86.1 Å². The molecule has 1 saturated heterocycles. The predicted molar refractivity (Wildman–Crippen MR) is 94.4 cm³/mol. The zero-order chi connectivity index (χ0) is 17.8. The third-order valence-corrected chi connectivity index (χ3v) is 8.79. The van der Waals surface area contributed by atoms with Gasteiger partial charge in [0.1, 0.15) is 5.78 Å². The van der Waals surface area contributed by atoms with Crippen LogP contribution in [0.5, 0.6) is 0 Å². The standard InChI is InChI=1S/C21H33NO2/c1-17(2)9-14-10-19(5,12-17)13-22(14)16(24)21-8-7-20(6,15(23)11-21)18(21,3)4/h14H,7-13H2,1-6H3/t14-,19-,20-,21+/m0/s1. The quantitative estimate of drug-likeness (QED) is 0.722. The van der Waals surface area contributed by atoms with Crippen molar-refractivity contribution >= 4 is 11.7 Å². The molecular formula is C21H33NO2. The number of likely N-dealkylation sites (tertiary alicyclic amines) is 1. The first-order chi connectivity index (χ1) is 10.9. The SMILES string of the molecule is CC1(C)C[C@H]2C[C@](C)(CN2C(=O)[C@@]23CC[C@@](C)(C(=O)C2)C3(C)C)C1. The van der Waals surface area contributed by atoms with Gasteiger partial charge in [-0.2, -0.15) is 0 Å². The summed E-state index contributed by atoms with van der Waals surface area (Å²) in [7, 11) is 0. The van der Waals surface area contributed by atoms with Crippen LogP contribution in [0.4, 0.5) is 0 Å². The Hall–Kier alpha value is -0.860. The fourth-order valence-electron chi connectivity index (χ4n) is 7.31. The van der Waals surface area contributed by atoms with E-state index in [1.165, 1.54) is 6.42 Å². The van der Waals surface area contributed by atoms with Crippen molar-refractivity contribution < 1.29 is 9.59 Å². The van der Waals surface area contributed by atoms with E-state index in [4.69, 9.17) is 0 Å². The second kappa shape index (κ2) is 4.27. The van der Waals surface area contributed by atoms with Gasteiger partial charge in [-0.15, -0.1) is 0 Å². The molecule has 0 aromatic rings. The van der Waals surface area contributed by atoms with Crippen molar-refractivity contribution in [2.24, 2.45) is 27.1 Å². The summed E-state index contributed by atoms with van der Waals surface area (Å²) < 4.78 is 0. The maximum atomic E-state index is 13.8. The number of Topliss-reactive ketones (excluding diaryl/α,β-unsaturated/α-hetero) is 1. The second-order valence-corrected chi connectivity index (χ2v) is 11.3. The lowest BCUT2D eigenvalue weighted by atomic mass is 9.64. The van der Waals surface area contributed by atoms with Crippen LogP contribution in [0.2, 0.25) is 0 Å². The molecule has 1 amide bonds. The summed E-state index contributed by atoms with van der Waals surface area (Å²) in [6, 6.07) is 0.374. The van der Waals surface area contributed by atoms with Gasteiger partial charge < -0.3 is 4.90 Å². The summed E-state index contributed by atoms with van der Waals surface area (Å²) >= 11 is 0. The summed E-state index contributed by atoms with van der Waals surface area (Å²) in [6.07, 6.45) is 5.70. The van der Waals surface area contributed by atoms with Crippen LogP contribution in [0.25, 0.3) is 0 Å². The highest BCUT2D eigenvalue weighted by molar-refractivity contribution is 5.99. The molecule has 4 bridgehead atoms. The zero-order valence-electron chi connectivity index (χ0n) is 16.3. The number of hydrogen-bond acceptors (Lipinski definition) is 2. The molecule has 0 aromatic carbocycles. The molecule has 4 aliphatic rings. The van der Waals surface area contributed by atoms with Crippen LogP contribution in [0.15, 0.2) is 0 Å². The minimum Gasteiger partial charge on any atom is -0.339 e. The average molecular weight is 332 g/mol. The van der Waals surface area contributed by atoms with Crippen molar-refractivity contribution in [1.29, 1.82) is 0 Å². The molecule has 3 nitrogen and oxygen atoms in total. The molecular weight excluding hydrogens is 298 g/mol. The van der Waals surface area contributed by atoms with E-state index >= 15 is 0 Å². The maximum absolute atomic E-state index is 13.8. The number of rotatable bonds is 1. The van der Waals surface area contributed by atoms with Gasteiger partial charge >= 0.3 is 0 Å². The average Bonchev–Trinajstić information content (AvgIpc) is 2.86. The van der Waals surface area contributed by atoms with Gasteiger partial charge in [-0.25, -0.2) is 0 Å². The summed E-state index contributed by atoms with van der Waals surface area (Å²) in [5, 5.41) is 0. The molecule has 0 aromatic heterocycles. The summed E-state index contributed by atoms with van der Waals surface area (Å²) in [5.41, 5.74) is -0.401. The van der Waals surface area contributed by atoms with E-state index in [1.807, 2.05) is 0 Å².